The van der Waals surface area contributed by atoms with Crippen molar-refractivity contribution >= 4 is 16.8 Å². The lowest BCUT2D eigenvalue weighted by molar-refractivity contribution is 0.412. The van der Waals surface area contributed by atoms with E-state index in [1.165, 1.54) is 32.1 Å². The fourth-order valence-electron chi connectivity index (χ4n) is 2.41. The SMILES string of the molecule is CS(=O)C1(CN=C(N)NC2CCCCC2)CC1. The summed E-state index contributed by atoms with van der Waals surface area (Å²) in [5.74, 6) is 0.536. The molecule has 0 heterocycles. The first kappa shape index (κ1) is 12.9. The monoisotopic (exact) mass is 257 g/mol. The van der Waals surface area contributed by atoms with Crippen LogP contribution in [0.4, 0.5) is 0 Å². The van der Waals surface area contributed by atoms with Crippen molar-refractivity contribution < 1.29 is 4.21 Å². The Hall–Kier alpha value is -0.580. The van der Waals surface area contributed by atoms with E-state index in [0.717, 1.165) is 12.8 Å². The molecule has 0 spiro atoms. The van der Waals surface area contributed by atoms with Crippen molar-refractivity contribution in [2.24, 2.45) is 10.7 Å². The van der Waals surface area contributed by atoms with Crippen LogP contribution in [0.25, 0.3) is 0 Å². The largest absolute Gasteiger partial charge is 0.370 e. The first-order chi connectivity index (χ1) is 8.12. The summed E-state index contributed by atoms with van der Waals surface area (Å²) in [6.45, 7) is 0.613. The molecule has 3 N–H and O–H groups in total. The molecule has 0 amide bonds. The normalized spacial score (nSPS) is 26.5. The van der Waals surface area contributed by atoms with Crippen molar-refractivity contribution in [1.29, 1.82) is 0 Å². The topological polar surface area (TPSA) is 67.5 Å². The van der Waals surface area contributed by atoms with Crippen molar-refractivity contribution in [2.75, 3.05) is 12.8 Å². The average molecular weight is 257 g/mol. The van der Waals surface area contributed by atoms with Gasteiger partial charge < -0.3 is 11.1 Å². The number of rotatable bonds is 4. The van der Waals surface area contributed by atoms with Gasteiger partial charge in [-0.25, -0.2) is 0 Å². The molecular formula is C12H23N3OS. The number of hydrogen-bond donors (Lipinski definition) is 2. The summed E-state index contributed by atoms with van der Waals surface area (Å²) in [5.41, 5.74) is 5.88. The molecule has 2 aliphatic rings. The third kappa shape index (κ3) is 3.44. The number of hydrogen-bond acceptors (Lipinski definition) is 2. The average Bonchev–Trinajstić information content (AvgIpc) is 3.09. The Morgan fingerprint density at radius 3 is 2.59 bits per heavy atom. The third-order valence-corrected chi connectivity index (χ3v) is 5.67. The van der Waals surface area contributed by atoms with Gasteiger partial charge >= 0.3 is 0 Å². The van der Waals surface area contributed by atoms with Gasteiger partial charge in [-0.2, -0.15) is 0 Å². The molecule has 2 fully saturated rings. The number of nitrogens with one attached hydrogen (secondary N) is 1. The van der Waals surface area contributed by atoms with Crippen molar-refractivity contribution in [1.82, 2.24) is 5.32 Å². The van der Waals surface area contributed by atoms with Gasteiger partial charge in [-0.15, -0.1) is 0 Å². The molecule has 4 nitrogen and oxygen atoms in total. The van der Waals surface area contributed by atoms with E-state index in [4.69, 9.17) is 5.73 Å². The maximum atomic E-state index is 11.5. The van der Waals surface area contributed by atoms with Gasteiger partial charge in [-0.1, -0.05) is 19.3 Å². The zero-order valence-electron chi connectivity index (χ0n) is 10.6. The van der Waals surface area contributed by atoms with Crippen molar-refractivity contribution in [2.45, 2.75) is 55.7 Å². The molecule has 0 radical (unpaired) electrons. The standard InChI is InChI=1S/C12H23N3OS/c1-17(16)12(7-8-12)9-14-11(13)15-10-5-3-2-4-6-10/h10H,2-9H2,1H3,(H3,13,14,15). The summed E-state index contributed by atoms with van der Waals surface area (Å²) in [4.78, 5) is 4.36. The van der Waals surface area contributed by atoms with Gasteiger partial charge in [0.05, 0.1) is 11.3 Å². The molecule has 0 aromatic heterocycles. The Morgan fingerprint density at radius 1 is 1.41 bits per heavy atom. The van der Waals surface area contributed by atoms with Crippen LogP contribution in [-0.4, -0.2) is 33.8 Å². The second-order valence-corrected chi connectivity index (χ2v) is 7.09. The minimum absolute atomic E-state index is 0.0567. The highest BCUT2D eigenvalue weighted by atomic mass is 32.2. The van der Waals surface area contributed by atoms with Gasteiger partial charge in [-0.3, -0.25) is 9.20 Å². The summed E-state index contributed by atoms with van der Waals surface area (Å²) < 4.78 is 11.5. The molecule has 1 unspecified atom stereocenters. The number of nitrogens with zero attached hydrogens (tertiary/aromatic N) is 1. The first-order valence-corrected chi connectivity index (χ1v) is 8.08. The predicted octanol–water partition coefficient (Wildman–Crippen LogP) is 1.13. The van der Waals surface area contributed by atoms with Crippen LogP contribution >= 0.6 is 0 Å². The van der Waals surface area contributed by atoms with Crippen LogP contribution in [0.15, 0.2) is 4.99 Å². The zero-order valence-corrected chi connectivity index (χ0v) is 11.4. The van der Waals surface area contributed by atoms with Gasteiger partial charge in [-0.05, 0) is 25.7 Å². The highest BCUT2D eigenvalue weighted by Crippen LogP contribution is 2.41. The molecule has 5 heteroatoms. The number of guanidine groups is 1. The predicted molar refractivity (Wildman–Crippen MR) is 72.5 cm³/mol. The Bertz CT molecular complexity index is 320. The molecule has 0 aromatic rings. The highest BCUT2D eigenvalue weighted by molar-refractivity contribution is 7.86. The second kappa shape index (κ2) is 5.38. The van der Waals surface area contributed by atoms with E-state index in [1.54, 1.807) is 6.26 Å². The number of aliphatic imine (C=N–C) groups is 1. The Kier molecular flexibility index (Phi) is 4.07. The Balaban J connectivity index is 1.79. The first-order valence-electron chi connectivity index (χ1n) is 6.52. The van der Waals surface area contributed by atoms with E-state index in [2.05, 4.69) is 10.3 Å². The maximum absolute atomic E-state index is 11.5. The van der Waals surface area contributed by atoms with Crippen LogP contribution in [0.3, 0.4) is 0 Å². The van der Waals surface area contributed by atoms with E-state index in [-0.39, 0.29) is 4.75 Å². The molecule has 17 heavy (non-hydrogen) atoms. The molecule has 0 bridgehead atoms. The molecule has 1 atom stereocenters. The Morgan fingerprint density at radius 2 is 2.06 bits per heavy atom. The lowest BCUT2D eigenvalue weighted by Gasteiger charge is -2.23. The summed E-state index contributed by atoms with van der Waals surface area (Å²) in [5, 5.41) is 3.29. The summed E-state index contributed by atoms with van der Waals surface area (Å²) in [6, 6.07) is 0.495. The summed E-state index contributed by atoms with van der Waals surface area (Å²) in [6.07, 6.45) is 10.1. The zero-order chi connectivity index (χ0) is 12.3. The molecule has 0 aromatic carbocycles. The van der Waals surface area contributed by atoms with Crippen LogP contribution in [0, 0.1) is 0 Å². The van der Waals surface area contributed by atoms with E-state index < -0.39 is 10.8 Å². The van der Waals surface area contributed by atoms with Crippen LogP contribution in [0.2, 0.25) is 0 Å². The molecule has 2 saturated carbocycles. The smallest absolute Gasteiger partial charge is 0.188 e. The van der Waals surface area contributed by atoms with Crippen LogP contribution in [0.5, 0.6) is 0 Å². The van der Waals surface area contributed by atoms with Crippen LogP contribution < -0.4 is 11.1 Å². The fourth-order valence-corrected chi connectivity index (χ4v) is 3.33. The van der Waals surface area contributed by atoms with E-state index in [1.807, 2.05) is 0 Å². The quantitative estimate of drug-likeness (QED) is 0.586. The summed E-state index contributed by atoms with van der Waals surface area (Å²) >= 11 is 0. The minimum Gasteiger partial charge on any atom is -0.370 e. The molecule has 2 rings (SSSR count). The maximum Gasteiger partial charge on any atom is 0.188 e. The molecule has 0 saturated heterocycles. The molecular weight excluding hydrogens is 234 g/mol. The van der Waals surface area contributed by atoms with Crippen LogP contribution in [0.1, 0.15) is 44.9 Å². The van der Waals surface area contributed by atoms with Gasteiger partial charge in [0.2, 0.25) is 0 Å². The van der Waals surface area contributed by atoms with E-state index in [9.17, 15) is 4.21 Å². The highest BCUT2D eigenvalue weighted by Gasteiger charge is 2.46. The second-order valence-electron chi connectivity index (χ2n) is 5.32. The Labute approximate surface area is 106 Å². The minimum atomic E-state index is -0.778. The lowest BCUT2D eigenvalue weighted by Crippen LogP contribution is -2.41. The van der Waals surface area contributed by atoms with Crippen LogP contribution in [-0.2, 0) is 10.8 Å². The van der Waals surface area contributed by atoms with E-state index in [0.29, 0.717) is 18.5 Å². The van der Waals surface area contributed by atoms with Crippen molar-refractivity contribution in [3.05, 3.63) is 0 Å². The van der Waals surface area contributed by atoms with Gasteiger partial charge in [0, 0.05) is 23.1 Å². The molecule has 98 valence electrons. The number of nitrogens with two attached hydrogens (primary N) is 1. The van der Waals surface area contributed by atoms with E-state index >= 15 is 0 Å². The van der Waals surface area contributed by atoms with Gasteiger partial charge in [0.1, 0.15) is 0 Å². The third-order valence-electron chi connectivity index (χ3n) is 3.91. The van der Waals surface area contributed by atoms with Crippen molar-refractivity contribution in [3.63, 3.8) is 0 Å². The molecule has 2 aliphatic carbocycles. The van der Waals surface area contributed by atoms with Crippen molar-refractivity contribution in [3.8, 4) is 0 Å². The van der Waals surface area contributed by atoms with Gasteiger partial charge in [0.25, 0.3) is 0 Å². The molecule has 0 aliphatic heterocycles. The fraction of sp³-hybridized carbons (Fsp3) is 0.917. The summed E-state index contributed by atoms with van der Waals surface area (Å²) in [7, 11) is -0.778. The van der Waals surface area contributed by atoms with Gasteiger partial charge in [0.15, 0.2) is 5.96 Å². The lowest BCUT2D eigenvalue weighted by atomic mass is 9.96.